The average Bonchev–Trinajstić information content (AvgIpc) is 2.82. The highest BCUT2D eigenvalue weighted by Gasteiger charge is 2.28. The van der Waals surface area contributed by atoms with Crippen molar-refractivity contribution < 1.29 is 18.3 Å². The standard InChI is InChI=1S/C27H39NO4S2/c1-4-6-8-10-18-28(19-11-9-7-5-2)34(31,32)26-20-24(27(29)30)16-17-25(26)33-21-23-14-12-22(3)13-15-23/h12-17,20H,4-11,18-19,21H2,1-3H3,(H,29,30). The van der Waals surface area contributed by atoms with Crippen molar-refractivity contribution in [3.63, 3.8) is 0 Å². The van der Waals surface area contributed by atoms with Gasteiger partial charge >= 0.3 is 5.97 Å². The zero-order valence-corrected chi connectivity index (χ0v) is 22.4. The zero-order chi connectivity index (χ0) is 25.0. The third-order valence-corrected chi connectivity index (χ3v) is 9.06. The van der Waals surface area contributed by atoms with Gasteiger partial charge in [0.05, 0.1) is 10.5 Å². The average molecular weight is 506 g/mol. The summed E-state index contributed by atoms with van der Waals surface area (Å²) in [5, 5.41) is 9.52. The largest absolute Gasteiger partial charge is 0.478 e. The molecule has 0 aromatic heterocycles. The van der Waals surface area contributed by atoms with Gasteiger partial charge in [-0.3, -0.25) is 0 Å². The molecule has 0 spiro atoms. The molecule has 0 bridgehead atoms. The molecule has 188 valence electrons. The number of rotatable bonds is 16. The lowest BCUT2D eigenvalue weighted by Gasteiger charge is -2.24. The van der Waals surface area contributed by atoms with Crippen LogP contribution >= 0.6 is 11.8 Å². The molecule has 0 saturated carbocycles. The second-order valence-electron chi connectivity index (χ2n) is 8.77. The summed E-state index contributed by atoms with van der Waals surface area (Å²) in [6.45, 7) is 7.23. The molecular weight excluding hydrogens is 466 g/mol. The smallest absolute Gasteiger partial charge is 0.335 e. The van der Waals surface area contributed by atoms with Crippen molar-refractivity contribution >= 4 is 27.8 Å². The van der Waals surface area contributed by atoms with E-state index in [1.165, 1.54) is 29.5 Å². The second kappa shape index (κ2) is 14.5. The summed E-state index contributed by atoms with van der Waals surface area (Å²) < 4.78 is 29.2. The number of hydrogen-bond acceptors (Lipinski definition) is 4. The van der Waals surface area contributed by atoms with Crippen LogP contribution < -0.4 is 0 Å². The highest BCUT2D eigenvalue weighted by atomic mass is 32.2. The van der Waals surface area contributed by atoms with Gasteiger partial charge < -0.3 is 5.11 Å². The lowest BCUT2D eigenvalue weighted by molar-refractivity contribution is 0.0696. The zero-order valence-electron chi connectivity index (χ0n) is 20.8. The van der Waals surface area contributed by atoms with E-state index >= 15 is 0 Å². The molecule has 0 saturated heterocycles. The van der Waals surface area contributed by atoms with Crippen LogP contribution in [-0.4, -0.2) is 36.9 Å². The molecule has 0 amide bonds. The number of carboxylic acid groups (broad SMARTS) is 1. The topological polar surface area (TPSA) is 74.7 Å². The van der Waals surface area contributed by atoms with Crippen molar-refractivity contribution in [2.75, 3.05) is 13.1 Å². The second-order valence-corrected chi connectivity index (χ2v) is 11.7. The number of carboxylic acids is 1. The molecule has 0 heterocycles. The van der Waals surface area contributed by atoms with Crippen LogP contribution in [0.1, 0.15) is 86.7 Å². The predicted molar refractivity (Wildman–Crippen MR) is 141 cm³/mol. The highest BCUT2D eigenvalue weighted by molar-refractivity contribution is 7.99. The van der Waals surface area contributed by atoms with E-state index in [9.17, 15) is 18.3 Å². The third kappa shape index (κ3) is 8.75. The van der Waals surface area contributed by atoms with E-state index in [1.807, 2.05) is 31.2 Å². The molecule has 7 heteroatoms. The summed E-state index contributed by atoms with van der Waals surface area (Å²) in [7, 11) is -3.82. The Morgan fingerprint density at radius 3 is 2.00 bits per heavy atom. The molecule has 0 fully saturated rings. The van der Waals surface area contributed by atoms with Crippen molar-refractivity contribution in [2.24, 2.45) is 0 Å². The van der Waals surface area contributed by atoms with E-state index in [-0.39, 0.29) is 10.5 Å². The molecule has 1 N–H and O–H groups in total. The van der Waals surface area contributed by atoms with E-state index in [1.54, 1.807) is 10.4 Å². The number of aryl methyl sites for hydroxylation is 1. The van der Waals surface area contributed by atoms with E-state index in [0.29, 0.717) is 23.7 Å². The minimum absolute atomic E-state index is 0.00447. The minimum Gasteiger partial charge on any atom is -0.478 e. The van der Waals surface area contributed by atoms with E-state index < -0.39 is 16.0 Å². The van der Waals surface area contributed by atoms with Gasteiger partial charge in [0.15, 0.2) is 0 Å². The van der Waals surface area contributed by atoms with E-state index in [4.69, 9.17) is 0 Å². The van der Waals surface area contributed by atoms with Gasteiger partial charge in [-0.15, -0.1) is 11.8 Å². The Morgan fingerprint density at radius 2 is 1.47 bits per heavy atom. The SMILES string of the molecule is CCCCCCN(CCCCCC)S(=O)(=O)c1cc(C(=O)O)ccc1SCc1ccc(C)cc1. The van der Waals surface area contributed by atoms with E-state index in [0.717, 1.165) is 56.9 Å². The summed E-state index contributed by atoms with van der Waals surface area (Å²) in [5.74, 6) is -0.508. The Morgan fingerprint density at radius 1 is 0.882 bits per heavy atom. The number of benzene rings is 2. The molecule has 2 rings (SSSR count). The summed E-state index contributed by atoms with van der Waals surface area (Å²) in [4.78, 5) is 12.3. The van der Waals surface area contributed by atoms with Gasteiger partial charge in [-0.05, 0) is 43.5 Å². The fourth-order valence-corrected chi connectivity index (χ4v) is 6.72. The first-order valence-electron chi connectivity index (χ1n) is 12.4. The van der Waals surface area contributed by atoms with Crippen LogP contribution in [0.4, 0.5) is 0 Å². The summed E-state index contributed by atoms with van der Waals surface area (Å²) >= 11 is 1.44. The van der Waals surface area contributed by atoms with Crippen molar-refractivity contribution in [3.05, 3.63) is 59.2 Å². The van der Waals surface area contributed by atoms with Crippen molar-refractivity contribution in [3.8, 4) is 0 Å². The molecule has 0 aliphatic heterocycles. The van der Waals surface area contributed by atoms with Crippen LogP contribution in [0.3, 0.4) is 0 Å². The quantitative estimate of drug-likeness (QED) is 0.194. The fraction of sp³-hybridized carbons (Fsp3) is 0.519. The monoisotopic (exact) mass is 505 g/mol. The third-order valence-electron chi connectivity index (χ3n) is 5.85. The Hall–Kier alpha value is -1.83. The van der Waals surface area contributed by atoms with Gasteiger partial charge in [0.25, 0.3) is 0 Å². The predicted octanol–water partition coefficient (Wildman–Crippen LogP) is 7.14. The minimum atomic E-state index is -3.82. The van der Waals surface area contributed by atoms with Gasteiger partial charge in [0.1, 0.15) is 0 Å². The summed E-state index contributed by atoms with van der Waals surface area (Å²) in [6, 6.07) is 12.6. The highest BCUT2D eigenvalue weighted by Crippen LogP contribution is 2.32. The number of thioether (sulfide) groups is 1. The maximum atomic E-state index is 13.8. The van der Waals surface area contributed by atoms with Crippen LogP contribution in [-0.2, 0) is 15.8 Å². The molecule has 2 aromatic carbocycles. The Balaban J connectivity index is 2.34. The van der Waals surface area contributed by atoms with Crippen LogP contribution in [0, 0.1) is 6.92 Å². The Kier molecular flexibility index (Phi) is 12.2. The molecule has 0 atom stereocenters. The van der Waals surface area contributed by atoms with Gasteiger partial charge in [0.2, 0.25) is 10.0 Å². The van der Waals surface area contributed by atoms with Crippen molar-refractivity contribution in [1.82, 2.24) is 4.31 Å². The van der Waals surface area contributed by atoms with Crippen molar-refractivity contribution in [2.45, 2.75) is 87.7 Å². The molecule has 0 aliphatic rings. The summed E-state index contributed by atoms with van der Waals surface area (Å²) in [6.07, 6.45) is 7.93. The first-order chi connectivity index (χ1) is 16.3. The number of carbonyl (C=O) groups is 1. The molecule has 34 heavy (non-hydrogen) atoms. The number of nitrogens with zero attached hydrogens (tertiary/aromatic N) is 1. The number of unbranched alkanes of at least 4 members (excludes halogenated alkanes) is 6. The van der Waals surface area contributed by atoms with Gasteiger partial charge in [0, 0.05) is 23.7 Å². The Labute approximate surface area is 210 Å². The molecular formula is C27H39NO4S2. The van der Waals surface area contributed by atoms with E-state index in [2.05, 4.69) is 13.8 Å². The maximum Gasteiger partial charge on any atom is 0.335 e. The lowest BCUT2D eigenvalue weighted by Crippen LogP contribution is -2.33. The summed E-state index contributed by atoms with van der Waals surface area (Å²) in [5.41, 5.74) is 2.26. The maximum absolute atomic E-state index is 13.8. The fourth-order valence-electron chi connectivity index (χ4n) is 3.73. The van der Waals surface area contributed by atoms with Gasteiger partial charge in [-0.1, -0.05) is 82.2 Å². The van der Waals surface area contributed by atoms with Crippen LogP contribution in [0.2, 0.25) is 0 Å². The van der Waals surface area contributed by atoms with Crippen LogP contribution in [0.15, 0.2) is 52.3 Å². The number of sulfonamides is 1. The van der Waals surface area contributed by atoms with Crippen molar-refractivity contribution in [1.29, 1.82) is 0 Å². The first-order valence-corrected chi connectivity index (χ1v) is 14.8. The molecule has 0 unspecified atom stereocenters. The Bertz CT molecular complexity index is 992. The molecule has 2 aromatic rings. The van der Waals surface area contributed by atoms with Crippen LogP contribution in [0.5, 0.6) is 0 Å². The molecule has 0 aliphatic carbocycles. The number of hydrogen-bond donors (Lipinski definition) is 1. The van der Waals surface area contributed by atoms with Gasteiger partial charge in [-0.2, -0.15) is 4.31 Å². The van der Waals surface area contributed by atoms with Crippen LogP contribution in [0.25, 0.3) is 0 Å². The lowest BCUT2D eigenvalue weighted by atomic mass is 10.2. The first kappa shape index (κ1) is 28.4. The molecule has 5 nitrogen and oxygen atoms in total. The normalized spacial score (nSPS) is 11.8. The molecule has 0 radical (unpaired) electrons. The van der Waals surface area contributed by atoms with Gasteiger partial charge in [-0.25, -0.2) is 13.2 Å². The number of aromatic carboxylic acids is 1.